The molecular weight excluding hydrogens is 186 g/mol. The Morgan fingerprint density at radius 2 is 2.33 bits per heavy atom. The summed E-state index contributed by atoms with van der Waals surface area (Å²) in [4.78, 5) is 0. The van der Waals surface area contributed by atoms with Gasteiger partial charge < -0.3 is 4.74 Å². The van der Waals surface area contributed by atoms with Crippen LogP contribution in [0.2, 0.25) is 0 Å². The molecule has 2 nitrogen and oxygen atoms in total. The molecule has 1 aromatic rings. The molecule has 1 rings (SSSR count). The van der Waals surface area contributed by atoms with Gasteiger partial charge in [-0.25, -0.2) is 0 Å². The minimum atomic E-state index is 0.552. The summed E-state index contributed by atoms with van der Waals surface area (Å²) in [5, 5.41) is 8.96. The van der Waals surface area contributed by atoms with Gasteiger partial charge in [-0.05, 0) is 13.0 Å². The molecule has 0 amide bonds. The third kappa shape index (κ3) is 2.38. The van der Waals surface area contributed by atoms with Crippen LogP contribution in [0.4, 0.5) is 0 Å². The van der Waals surface area contributed by atoms with Crippen LogP contribution in [0.1, 0.15) is 25.0 Å². The fourth-order valence-electron chi connectivity index (χ4n) is 1.35. The highest BCUT2D eigenvalue weighted by atomic mass is 16.5. The lowest BCUT2D eigenvalue weighted by molar-refractivity contribution is 0.337. The van der Waals surface area contributed by atoms with Gasteiger partial charge in [0.25, 0.3) is 0 Å². The number of rotatable bonds is 4. The molecule has 0 heterocycles. The summed E-state index contributed by atoms with van der Waals surface area (Å²) >= 11 is 0. The number of nitrogens with zero attached hydrogens (tertiary/aromatic N) is 1. The lowest BCUT2D eigenvalue weighted by Gasteiger charge is -2.14. The van der Waals surface area contributed by atoms with E-state index in [1.165, 1.54) is 0 Å². The second-order valence-electron chi connectivity index (χ2n) is 3.11. The Hall–Kier alpha value is -1.75. The van der Waals surface area contributed by atoms with E-state index < -0.39 is 0 Å². The maximum absolute atomic E-state index is 8.96. The summed E-state index contributed by atoms with van der Waals surface area (Å²) in [6.07, 6.45) is 1.76. The van der Waals surface area contributed by atoms with Gasteiger partial charge in [-0.1, -0.05) is 25.1 Å². The Morgan fingerprint density at radius 3 is 2.87 bits per heavy atom. The van der Waals surface area contributed by atoms with E-state index in [1.54, 1.807) is 12.1 Å². The van der Waals surface area contributed by atoms with E-state index in [0.717, 1.165) is 11.5 Å². The molecule has 77 valence electrons. The van der Waals surface area contributed by atoms with Crippen LogP contribution in [0.15, 0.2) is 30.9 Å². The highest BCUT2D eigenvalue weighted by Crippen LogP contribution is 2.29. The van der Waals surface area contributed by atoms with Crippen molar-refractivity contribution in [3.8, 4) is 11.8 Å². The highest BCUT2D eigenvalue weighted by molar-refractivity contribution is 5.55. The molecule has 0 bridgehead atoms. The molecule has 0 saturated heterocycles. The zero-order valence-corrected chi connectivity index (χ0v) is 9.08. The molecule has 0 aliphatic carbocycles. The van der Waals surface area contributed by atoms with Crippen LogP contribution in [0.3, 0.4) is 0 Å². The Bertz CT molecular complexity index is 390. The summed E-state index contributed by atoms with van der Waals surface area (Å²) in [6, 6.07) is 7.67. The molecule has 1 aromatic carbocycles. The van der Waals surface area contributed by atoms with Crippen LogP contribution in [0.25, 0.3) is 0 Å². The van der Waals surface area contributed by atoms with Gasteiger partial charge in [0, 0.05) is 11.5 Å². The van der Waals surface area contributed by atoms with E-state index in [-0.39, 0.29) is 0 Å². The zero-order valence-electron chi connectivity index (χ0n) is 9.08. The normalized spacial score (nSPS) is 9.73. The molecule has 15 heavy (non-hydrogen) atoms. The van der Waals surface area contributed by atoms with Crippen molar-refractivity contribution in [2.45, 2.75) is 13.8 Å². The monoisotopic (exact) mass is 200 g/mol. The quantitative estimate of drug-likeness (QED) is 0.748. The van der Waals surface area contributed by atoms with Gasteiger partial charge >= 0.3 is 0 Å². The second-order valence-corrected chi connectivity index (χ2v) is 3.11. The van der Waals surface area contributed by atoms with Gasteiger partial charge in [-0.2, -0.15) is 5.26 Å². The van der Waals surface area contributed by atoms with Crippen molar-refractivity contribution in [3.05, 3.63) is 47.9 Å². The van der Waals surface area contributed by atoms with Crippen molar-refractivity contribution in [1.29, 1.82) is 5.26 Å². The van der Waals surface area contributed by atoms with Crippen LogP contribution in [0.5, 0.6) is 5.75 Å². The number of allylic oxidation sites excluding steroid dienone is 1. The molecule has 0 unspecified atom stereocenters. The zero-order chi connectivity index (χ0) is 11.3. The molecule has 1 radical (unpaired) electrons. The van der Waals surface area contributed by atoms with E-state index in [1.807, 2.05) is 26.0 Å². The molecule has 0 fully saturated rings. The first-order valence-corrected chi connectivity index (χ1v) is 4.86. The van der Waals surface area contributed by atoms with Crippen LogP contribution >= 0.6 is 0 Å². The van der Waals surface area contributed by atoms with Crippen molar-refractivity contribution in [3.63, 3.8) is 0 Å². The van der Waals surface area contributed by atoms with Crippen molar-refractivity contribution in [2.24, 2.45) is 0 Å². The minimum absolute atomic E-state index is 0.552. The van der Waals surface area contributed by atoms with Gasteiger partial charge in [0.2, 0.25) is 0 Å². The Kier molecular flexibility index (Phi) is 3.93. The molecule has 0 N–H and O–H groups in total. The number of hydrogen-bond donors (Lipinski definition) is 0. The van der Waals surface area contributed by atoms with E-state index in [4.69, 9.17) is 10.00 Å². The summed E-state index contributed by atoms with van der Waals surface area (Å²) in [5.74, 6) is 1.66. The van der Waals surface area contributed by atoms with Crippen molar-refractivity contribution in [2.75, 3.05) is 6.61 Å². The molecule has 0 spiro atoms. The van der Waals surface area contributed by atoms with Gasteiger partial charge in [0.15, 0.2) is 0 Å². The Labute approximate surface area is 90.8 Å². The number of ether oxygens (including phenoxy) is 1. The topological polar surface area (TPSA) is 33.0 Å². The molecular formula is C13H14NO. The molecule has 0 aliphatic heterocycles. The number of hydrogen-bond acceptors (Lipinski definition) is 2. The third-order valence-corrected chi connectivity index (χ3v) is 2.16. The summed E-state index contributed by atoms with van der Waals surface area (Å²) in [5.41, 5.74) is 1.50. The largest absolute Gasteiger partial charge is 0.492 e. The molecule has 0 saturated carbocycles. The average molecular weight is 200 g/mol. The predicted molar refractivity (Wildman–Crippen MR) is 60.5 cm³/mol. The first-order chi connectivity index (χ1) is 7.24. The molecule has 0 atom stereocenters. The van der Waals surface area contributed by atoms with Gasteiger partial charge in [-0.15, -0.1) is 6.58 Å². The van der Waals surface area contributed by atoms with Crippen LogP contribution in [0, 0.1) is 17.2 Å². The summed E-state index contributed by atoms with van der Waals surface area (Å²) in [6.45, 7) is 8.12. The van der Waals surface area contributed by atoms with Crippen molar-refractivity contribution < 1.29 is 4.74 Å². The minimum Gasteiger partial charge on any atom is -0.492 e. The predicted octanol–water partition coefficient (Wildman–Crippen LogP) is 3.09. The van der Waals surface area contributed by atoms with E-state index >= 15 is 0 Å². The van der Waals surface area contributed by atoms with E-state index in [0.29, 0.717) is 17.9 Å². The number of para-hydroxylation sites is 1. The lowest BCUT2D eigenvalue weighted by Crippen LogP contribution is -2.01. The second kappa shape index (κ2) is 5.21. The van der Waals surface area contributed by atoms with Crippen LogP contribution in [-0.2, 0) is 0 Å². The Balaban J connectivity index is 3.25. The molecule has 2 heteroatoms. The van der Waals surface area contributed by atoms with Crippen molar-refractivity contribution in [1.82, 2.24) is 0 Å². The smallest absolute Gasteiger partial charge is 0.141 e. The number of benzene rings is 1. The first-order valence-electron chi connectivity index (χ1n) is 4.86. The lowest BCUT2D eigenvalue weighted by atomic mass is 9.98. The standard InChI is InChI=1S/C13H14NO/c1-4-10(3)12-8-6-7-11(9-14)13(12)15-5-2/h4,6-8H,1,5H2,2-3H3. The third-order valence-electron chi connectivity index (χ3n) is 2.16. The van der Waals surface area contributed by atoms with Gasteiger partial charge in [0.05, 0.1) is 12.2 Å². The van der Waals surface area contributed by atoms with Crippen molar-refractivity contribution >= 4 is 0 Å². The maximum atomic E-state index is 8.96. The van der Waals surface area contributed by atoms with E-state index in [9.17, 15) is 0 Å². The number of nitriles is 1. The molecule has 0 aromatic heterocycles. The first kappa shape index (κ1) is 11.3. The molecule has 0 aliphatic rings. The average Bonchev–Trinajstić information content (AvgIpc) is 2.28. The fourth-order valence-corrected chi connectivity index (χ4v) is 1.35. The SMILES string of the molecule is C=C[C](C)c1cccc(C#N)c1OCC. The summed E-state index contributed by atoms with van der Waals surface area (Å²) < 4.78 is 5.49. The van der Waals surface area contributed by atoms with Crippen LogP contribution < -0.4 is 4.74 Å². The van der Waals surface area contributed by atoms with Crippen LogP contribution in [-0.4, -0.2) is 6.61 Å². The Morgan fingerprint density at radius 1 is 1.60 bits per heavy atom. The van der Waals surface area contributed by atoms with Gasteiger partial charge in [0.1, 0.15) is 11.8 Å². The highest BCUT2D eigenvalue weighted by Gasteiger charge is 2.13. The maximum Gasteiger partial charge on any atom is 0.141 e. The fraction of sp³-hybridized carbons (Fsp3) is 0.231. The van der Waals surface area contributed by atoms with E-state index in [2.05, 4.69) is 12.6 Å². The summed E-state index contributed by atoms with van der Waals surface area (Å²) in [7, 11) is 0. The van der Waals surface area contributed by atoms with Gasteiger partial charge in [-0.3, -0.25) is 0 Å².